The molecule has 0 fully saturated rings. The van der Waals surface area contributed by atoms with Crippen LogP contribution < -0.4 is 10.5 Å². The lowest BCUT2D eigenvalue weighted by molar-refractivity contribution is 0.470. The lowest BCUT2D eigenvalue weighted by Gasteiger charge is -2.15. The average molecular weight is 255 g/mol. The highest BCUT2D eigenvalue weighted by atomic mass is 16.5. The predicted molar refractivity (Wildman–Crippen MR) is 75.9 cm³/mol. The molecule has 0 aliphatic heterocycles. The zero-order valence-electron chi connectivity index (χ0n) is 11.1. The van der Waals surface area contributed by atoms with E-state index >= 15 is 0 Å². The molecule has 0 amide bonds. The van der Waals surface area contributed by atoms with E-state index in [4.69, 9.17) is 15.9 Å². The van der Waals surface area contributed by atoms with Gasteiger partial charge in [-0.3, -0.25) is 10.4 Å². The fraction of sp³-hybridized carbons (Fsp3) is 0.200. The topological polar surface area (TPSA) is 72.0 Å². The van der Waals surface area contributed by atoms with Gasteiger partial charge in [-0.15, -0.1) is 0 Å². The number of pyridine rings is 1. The van der Waals surface area contributed by atoms with Crippen LogP contribution in [0.3, 0.4) is 0 Å². The van der Waals surface area contributed by atoms with E-state index in [1.807, 2.05) is 24.3 Å². The zero-order valence-corrected chi connectivity index (χ0v) is 11.1. The van der Waals surface area contributed by atoms with Gasteiger partial charge < -0.3 is 10.5 Å². The molecule has 2 rings (SSSR count). The number of para-hydroxylation sites is 1. The molecule has 0 unspecified atom stereocenters. The normalized spacial score (nSPS) is 10.5. The minimum Gasteiger partial charge on any atom is -0.455 e. The first-order valence-corrected chi connectivity index (χ1v) is 6.14. The van der Waals surface area contributed by atoms with Crippen LogP contribution in [0.2, 0.25) is 0 Å². The van der Waals surface area contributed by atoms with E-state index in [9.17, 15) is 0 Å². The van der Waals surface area contributed by atoms with Crippen molar-refractivity contribution in [2.45, 2.75) is 19.8 Å². The highest BCUT2D eigenvalue weighted by Gasteiger charge is 2.11. The fourth-order valence-electron chi connectivity index (χ4n) is 1.85. The predicted octanol–water partition coefficient (Wildman–Crippen LogP) is 3.28. The fourth-order valence-corrected chi connectivity index (χ4v) is 1.85. The smallest absolute Gasteiger partial charge is 0.156 e. The van der Waals surface area contributed by atoms with E-state index in [1.165, 1.54) is 0 Å². The van der Waals surface area contributed by atoms with Gasteiger partial charge in [0, 0.05) is 6.20 Å². The second-order valence-electron chi connectivity index (χ2n) is 4.58. The Bertz CT molecular complexity index is 593. The lowest BCUT2D eigenvalue weighted by Crippen LogP contribution is -2.12. The van der Waals surface area contributed by atoms with Crippen LogP contribution in [-0.2, 0) is 0 Å². The van der Waals surface area contributed by atoms with Crippen molar-refractivity contribution in [1.82, 2.24) is 4.98 Å². The van der Waals surface area contributed by atoms with Crippen LogP contribution >= 0.6 is 0 Å². The number of aromatic nitrogens is 1. The van der Waals surface area contributed by atoms with Crippen molar-refractivity contribution in [3.05, 3.63) is 53.9 Å². The summed E-state index contributed by atoms with van der Waals surface area (Å²) in [6.07, 6.45) is 3.17. The van der Waals surface area contributed by atoms with Crippen LogP contribution in [0.1, 0.15) is 30.9 Å². The molecular weight excluding hydrogens is 238 g/mol. The summed E-state index contributed by atoms with van der Waals surface area (Å²) >= 11 is 0. The molecule has 0 aliphatic carbocycles. The van der Waals surface area contributed by atoms with Crippen LogP contribution in [0.15, 0.2) is 42.7 Å². The average Bonchev–Trinajstić information content (AvgIpc) is 2.39. The van der Waals surface area contributed by atoms with E-state index in [-0.39, 0.29) is 5.84 Å². The molecule has 2 aromatic rings. The molecule has 0 bridgehead atoms. The quantitative estimate of drug-likeness (QED) is 0.650. The van der Waals surface area contributed by atoms with Crippen molar-refractivity contribution < 1.29 is 4.74 Å². The third-order valence-corrected chi connectivity index (χ3v) is 2.84. The SMILES string of the molecule is CC(C)c1ccccc1Oc1cnccc1C(=N)N. The molecule has 0 saturated carbocycles. The molecule has 0 radical (unpaired) electrons. The molecule has 0 aliphatic rings. The van der Waals surface area contributed by atoms with Crippen molar-refractivity contribution >= 4 is 5.84 Å². The Balaban J connectivity index is 2.39. The highest BCUT2D eigenvalue weighted by molar-refractivity contribution is 5.97. The van der Waals surface area contributed by atoms with Crippen LogP contribution in [0.25, 0.3) is 0 Å². The van der Waals surface area contributed by atoms with E-state index in [2.05, 4.69) is 18.8 Å². The molecule has 3 N–H and O–H groups in total. The van der Waals surface area contributed by atoms with Gasteiger partial charge in [0.05, 0.1) is 11.8 Å². The first kappa shape index (κ1) is 13.1. The van der Waals surface area contributed by atoms with Crippen LogP contribution in [0.5, 0.6) is 11.5 Å². The van der Waals surface area contributed by atoms with Gasteiger partial charge in [-0.05, 0) is 23.6 Å². The molecule has 1 aromatic heterocycles. The molecule has 4 heteroatoms. The minimum absolute atomic E-state index is 0.0283. The van der Waals surface area contributed by atoms with Crippen molar-refractivity contribution in [3.8, 4) is 11.5 Å². The summed E-state index contributed by atoms with van der Waals surface area (Å²) in [6.45, 7) is 4.22. The molecule has 0 spiro atoms. The van der Waals surface area contributed by atoms with Gasteiger partial charge in [-0.1, -0.05) is 32.0 Å². The molecular formula is C15H17N3O. The third-order valence-electron chi connectivity index (χ3n) is 2.84. The van der Waals surface area contributed by atoms with Gasteiger partial charge in [-0.2, -0.15) is 0 Å². The molecule has 19 heavy (non-hydrogen) atoms. The number of nitrogens with one attached hydrogen (secondary N) is 1. The van der Waals surface area contributed by atoms with Crippen molar-refractivity contribution in [3.63, 3.8) is 0 Å². The zero-order chi connectivity index (χ0) is 13.8. The number of rotatable bonds is 4. The number of benzene rings is 1. The number of nitrogens with zero attached hydrogens (tertiary/aromatic N) is 1. The molecule has 98 valence electrons. The summed E-state index contributed by atoms with van der Waals surface area (Å²) in [5.74, 6) is 1.60. The summed E-state index contributed by atoms with van der Waals surface area (Å²) in [6, 6.07) is 9.52. The Labute approximate surface area is 112 Å². The van der Waals surface area contributed by atoms with Crippen molar-refractivity contribution in [1.29, 1.82) is 5.41 Å². The summed E-state index contributed by atoms with van der Waals surface area (Å²) < 4.78 is 5.88. The Morgan fingerprint density at radius 1 is 1.21 bits per heavy atom. The summed E-state index contributed by atoms with van der Waals surface area (Å²) in [4.78, 5) is 4.02. The first-order valence-electron chi connectivity index (χ1n) is 6.14. The van der Waals surface area contributed by atoms with Crippen LogP contribution in [0.4, 0.5) is 0 Å². The molecule has 4 nitrogen and oxygen atoms in total. The van der Waals surface area contributed by atoms with Crippen LogP contribution in [0, 0.1) is 5.41 Å². The Kier molecular flexibility index (Phi) is 3.80. The number of amidine groups is 1. The largest absolute Gasteiger partial charge is 0.455 e. The monoisotopic (exact) mass is 255 g/mol. The number of hydrogen-bond acceptors (Lipinski definition) is 3. The number of nitrogen functional groups attached to an aromatic ring is 1. The highest BCUT2D eigenvalue weighted by Crippen LogP contribution is 2.31. The first-order chi connectivity index (χ1) is 9.09. The van der Waals surface area contributed by atoms with E-state index in [1.54, 1.807) is 18.5 Å². The van der Waals surface area contributed by atoms with Gasteiger partial charge in [0.1, 0.15) is 11.6 Å². The number of ether oxygens (including phenoxy) is 1. The second-order valence-corrected chi connectivity index (χ2v) is 4.58. The van der Waals surface area contributed by atoms with E-state index < -0.39 is 0 Å². The maximum absolute atomic E-state index is 7.55. The van der Waals surface area contributed by atoms with Gasteiger partial charge in [0.2, 0.25) is 0 Å². The van der Waals surface area contributed by atoms with Gasteiger partial charge in [0.25, 0.3) is 0 Å². The van der Waals surface area contributed by atoms with E-state index in [0.29, 0.717) is 17.2 Å². The van der Waals surface area contributed by atoms with Crippen LogP contribution in [-0.4, -0.2) is 10.8 Å². The maximum atomic E-state index is 7.55. The second kappa shape index (κ2) is 5.52. The van der Waals surface area contributed by atoms with E-state index in [0.717, 1.165) is 11.3 Å². The van der Waals surface area contributed by atoms with Crippen molar-refractivity contribution in [2.75, 3.05) is 0 Å². The molecule has 1 aromatic carbocycles. The summed E-state index contributed by atoms with van der Waals surface area (Å²) in [5.41, 5.74) is 7.20. The summed E-state index contributed by atoms with van der Waals surface area (Å²) in [7, 11) is 0. The standard InChI is InChI=1S/C15H17N3O/c1-10(2)11-5-3-4-6-13(11)19-14-9-18-8-7-12(14)15(16)17/h3-10H,1-2H3,(H3,16,17). The Morgan fingerprint density at radius 2 is 1.95 bits per heavy atom. The minimum atomic E-state index is -0.0283. The molecule has 0 atom stereocenters. The van der Waals surface area contributed by atoms with Crippen molar-refractivity contribution in [2.24, 2.45) is 5.73 Å². The number of hydrogen-bond donors (Lipinski definition) is 2. The number of nitrogens with two attached hydrogens (primary N) is 1. The van der Waals surface area contributed by atoms with Gasteiger partial charge >= 0.3 is 0 Å². The van der Waals surface area contributed by atoms with Gasteiger partial charge in [0.15, 0.2) is 5.75 Å². The third kappa shape index (κ3) is 2.91. The molecule has 0 saturated heterocycles. The molecule has 1 heterocycles. The Morgan fingerprint density at radius 3 is 2.63 bits per heavy atom. The van der Waals surface area contributed by atoms with Gasteiger partial charge in [-0.25, -0.2) is 0 Å². The maximum Gasteiger partial charge on any atom is 0.156 e. The summed E-state index contributed by atoms with van der Waals surface area (Å²) in [5, 5.41) is 7.55. The Hall–Kier alpha value is -2.36. The lowest BCUT2D eigenvalue weighted by atomic mass is 10.0.